The SMILES string of the molecule is ClCCCl.[Ti]. The molecule has 0 unspecified atom stereocenters. The molecule has 0 aliphatic heterocycles. The maximum absolute atomic E-state index is 5.05. The van der Waals surface area contributed by atoms with Gasteiger partial charge in [0.1, 0.15) is 0 Å². The van der Waals surface area contributed by atoms with Crippen molar-refractivity contribution >= 4 is 23.2 Å². The fraction of sp³-hybridized carbons (Fsp3) is 1.00. The van der Waals surface area contributed by atoms with Crippen LogP contribution in [0.15, 0.2) is 0 Å². The van der Waals surface area contributed by atoms with Crippen LogP contribution in [-0.2, 0) is 21.7 Å². The molecule has 0 aromatic heterocycles. The molecular formula is C2H4Cl2Ti. The largest absolute Gasteiger partial charge is 0.125 e. The molecule has 0 radical (unpaired) electrons. The Hall–Kier alpha value is 1.29. The molecule has 0 amide bonds. The van der Waals surface area contributed by atoms with E-state index in [1.165, 1.54) is 0 Å². The zero-order valence-corrected chi connectivity index (χ0v) is 5.74. The van der Waals surface area contributed by atoms with E-state index in [0.717, 1.165) is 0 Å². The molecule has 0 saturated heterocycles. The summed E-state index contributed by atoms with van der Waals surface area (Å²) in [5.74, 6) is 1.11. The molecule has 3 heteroatoms. The van der Waals surface area contributed by atoms with Crippen LogP contribution < -0.4 is 0 Å². The molecule has 0 aromatic carbocycles. The summed E-state index contributed by atoms with van der Waals surface area (Å²) in [5.41, 5.74) is 0. The predicted octanol–water partition coefficient (Wildman–Crippen LogP) is 1.46. The molecule has 0 aliphatic rings. The van der Waals surface area contributed by atoms with Crippen molar-refractivity contribution in [2.24, 2.45) is 0 Å². The Kier molecular flexibility index (Phi) is 17.2. The minimum absolute atomic E-state index is 0. The molecule has 0 saturated carbocycles. The number of hydrogen-bond acceptors (Lipinski definition) is 0. The third kappa shape index (κ3) is 10.9. The number of halogens is 2. The number of alkyl halides is 2. The third-order valence-electron chi connectivity index (χ3n) is 0.0714. The zero-order valence-electron chi connectivity index (χ0n) is 2.67. The quantitative estimate of drug-likeness (QED) is 0.389. The van der Waals surface area contributed by atoms with Crippen molar-refractivity contribution in [3.05, 3.63) is 0 Å². The van der Waals surface area contributed by atoms with Gasteiger partial charge in [-0.25, -0.2) is 0 Å². The van der Waals surface area contributed by atoms with Crippen molar-refractivity contribution in [1.29, 1.82) is 0 Å². The molecule has 0 nitrogen and oxygen atoms in total. The van der Waals surface area contributed by atoms with Gasteiger partial charge in [-0.05, 0) is 0 Å². The first-order chi connectivity index (χ1) is 1.91. The van der Waals surface area contributed by atoms with Gasteiger partial charge in [0.15, 0.2) is 0 Å². The fourth-order valence-corrected chi connectivity index (χ4v) is 0. The van der Waals surface area contributed by atoms with Gasteiger partial charge in [-0.2, -0.15) is 0 Å². The van der Waals surface area contributed by atoms with Gasteiger partial charge in [-0.3, -0.25) is 0 Å². The van der Waals surface area contributed by atoms with E-state index in [1.54, 1.807) is 0 Å². The molecule has 5 heavy (non-hydrogen) atoms. The van der Waals surface area contributed by atoms with Crippen LogP contribution in [0, 0.1) is 0 Å². The van der Waals surface area contributed by atoms with Crippen molar-refractivity contribution in [1.82, 2.24) is 0 Å². The van der Waals surface area contributed by atoms with E-state index in [1.807, 2.05) is 0 Å². The number of hydrogen-bond donors (Lipinski definition) is 0. The summed E-state index contributed by atoms with van der Waals surface area (Å²) in [4.78, 5) is 0. The maximum Gasteiger partial charge on any atom is 0.0359 e. The van der Waals surface area contributed by atoms with Crippen LogP contribution in [0.3, 0.4) is 0 Å². The minimum atomic E-state index is 0. The second kappa shape index (κ2) is 9.00. The Balaban J connectivity index is 0. The molecule has 0 aliphatic carbocycles. The summed E-state index contributed by atoms with van der Waals surface area (Å²) in [6.45, 7) is 0. The molecule has 0 heterocycles. The van der Waals surface area contributed by atoms with E-state index in [9.17, 15) is 0 Å². The monoisotopic (exact) mass is 146 g/mol. The van der Waals surface area contributed by atoms with Gasteiger partial charge in [0.2, 0.25) is 0 Å². The van der Waals surface area contributed by atoms with E-state index >= 15 is 0 Å². The summed E-state index contributed by atoms with van der Waals surface area (Å²) >= 11 is 10.1. The maximum atomic E-state index is 5.05. The van der Waals surface area contributed by atoms with Gasteiger partial charge < -0.3 is 0 Å². The van der Waals surface area contributed by atoms with Crippen LogP contribution >= 0.6 is 23.2 Å². The minimum Gasteiger partial charge on any atom is -0.125 e. The molecule has 0 rings (SSSR count). The average molecular weight is 147 g/mol. The van der Waals surface area contributed by atoms with E-state index in [2.05, 4.69) is 0 Å². The predicted molar refractivity (Wildman–Crippen MR) is 21.4 cm³/mol. The van der Waals surface area contributed by atoms with Gasteiger partial charge in [0.05, 0.1) is 0 Å². The Morgan fingerprint density at radius 1 is 1.00 bits per heavy atom. The summed E-state index contributed by atoms with van der Waals surface area (Å²) in [7, 11) is 0. The van der Waals surface area contributed by atoms with Crippen LogP contribution in [0.5, 0.6) is 0 Å². The Bertz CT molecular complexity index is 9.61. The molecule has 0 aromatic rings. The van der Waals surface area contributed by atoms with Crippen LogP contribution in [0.25, 0.3) is 0 Å². The average Bonchev–Trinajstić information content (AvgIpc) is 1.37. The van der Waals surface area contributed by atoms with Crippen LogP contribution in [0.1, 0.15) is 0 Å². The Morgan fingerprint density at radius 2 is 1.20 bits per heavy atom. The second-order valence-corrected chi connectivity index (χ2v) is 1.13. The topological polar surface area (TPSA) is 0 Å². The van der Waals surface area contributed by atoms with Crippen LogP contribution in [-0.4, -0.2) is 11.8 Å². The zero-order chi connectivity index (χ0) is 3.41. The summed E-state index contributed by atoms with van der Waals surface area (Å²) in [6, 6.07) is 0. The first kappa shape index (κ1) is 9.57. The van der Waals surface area contributed by atoms with Crippen LogP contribution in [0.2, 0.25) is 0 Å². The van der Waals surface area contributed by atoms with Gasteiger partial charge in [-0.15, -0.1) is 23.2 Å². The summed E-state index contributed by atoms with van der Waals surface area (Å²) < 4.78 is 0. The van der Waals surface area contributed by atoms with Gasteiger partial charge in [0, 0.05) is 33.5 Å². The molecule has 0 bridgehead atoms. The summed E-state index contributed by atoms with van der Waals surface area (Å²) in [5, 5.41) is 0. The first-order valence-electron chi connectivity index (χ1n) is 1.03. The van der Waals surface area contributed by atoms with Gasteiger partial charge in [0.25, 0.3) is 0 Å². The molecule has 0 fully saturated rings. The Labute approximate surface area is 56.7 Å². The normalized spacial score (nSPS) is 6.00. The van der Waals surface area contributed by atoms with Gasteiger partial charge >= 0.3 is 0 Å². The van der Waals surface area contributed by atoms with Crippen molar-refractivity contribution in [3.8, 4) is 0 Å². The molecular weight excluding hydrogens is 143 g/mol. The van der Waals surface area contributed by atoms with Crippen molar-refractivity contribution < 1.29 is 21.7 Å². The Morgan fingerprint density at radius 3 is 1.20 bits per heavy atom. The van der Waals surface area contributed by atoms with E-state index in [0.29, 0.717) is 11.8 Å². The standard InChI is InChI=1S/C2H4Cl2.Ti/c3-1-2-4;/h1-2H2;. The molecule has 0 atom stereocenters. The molecule has 30 valence electrons. The summed E-state index contributed by atoms with van der Waals surface area (Å²) in [6.07, 6.45) is 0. The van der Waals surface area contributed by atoms with Crippen molar-refractivity contribution in [2.75, 3.05) is 11.8 Å². The number of rotatable bonds is 1. The van der Waals surface area contributed by atoms with Crippen molar-refractivity contribution in [2.45, 2.75) is 0 Å². The third-order valence-corrected chi connectivity index (χ3v) is 0.643. The van der Waals surface area contributed by atoms with Gasteiger partial charge in [-0.1, -0.05) is 0 Å². The fourth-order valence-electron chi connectivity index (χ4n) is 0. The smallest absolute Gasteiger partial charge is 0.0359 e. The molecule has 0 N–H and O–H groups in total. The second-order valence-electron chi connectivity index (χ2n) is 0.378. The van der Waals surface area contributed by atoms with E-state index in [-0.39, 0.29) is 21.7 Å². The van der Waals surface area contributed by atoms with E-state index in [4.69, 9.17) is 23.2 Å². The molecule has 0 spiro atoms. The van der Waals surface area contributed by atoms with Crippen LogP contribution in [0.4, 0.5) is 0 Å². The van der Waals surface area contributed by atoms with E-state index < -0.39 is 0 Å². The first-order valence-corrected chi connectivity index (χ1v) is 2.10. The van der Waals surface area contributed by atoms with Crippen molar-refractivity contribution in [3.63, 3.8) is 0 Å².